The summed E-state index contributed by atoms with van der Waals surface area (Å²) in [6.07, 6.45) is 22.6. The molecule has 112 heavy (non-hydrogen) atoms. The Bertz CT molecular complexity index is 4970. The van der Waals surface area contributed by atoms with Crippen molar-refractivity contribution in [1.29, 1.82) is 10.5 Å². The predicted octanol–water partition coefficient (Wildman–Crippen LogP) is 11.1. The van der Waals surface area contributed by atoms with E-state index in [1.807, 2.05) is 29.2 Å². The summed E-state index contributed by atoms with van der Waals surface area (Å²) < 4.78 is 82.2. The van der Waals surface area contributed by atoms with E-state index < -0.39 is 43.8 Å². The number of nitrogens with zero attached hydrogens (tertiary/aromatic N) is 17. The Kier molecular flexibility index (Phi) is 26.1. The Morgan fingerprint density at radius 2 is 0.929 bits per heavy atom. The summed E-state index contributed by atoms with van der Waals surface area (Å²) in [6, 6.07) is 25.8. The number of hydrogen-bond acceptors (Lipinski definition) is 23. The molecule has 5 unspecified atom stereocenters. The number of nitrogens with two attached hydrogens (primary N) is 1. The minimum Gasteiger partial charge on any atom is -0.399 e. The van der Waals surface area contributed by atoms with E-state index in [-0.39, 0.29) is 56.8 Å². The van der Waals surface area contributed by atoms with E-state index in [4.69, 9.17) is 11.0 Å². The summed E-state index contributed by atoms with van der Waals surface area (Å²) in [5, 5.41) is 47.1. The Labute approximate surface area is 647 Å². The van der Waals surface area contributed by atoms with Gasteiger partial charge in [0.2, 0.25) is 11.1 Å². The summed E-state index contributed by atoms with van der Waals surface area (Å²) in [6.45, 7) is 16.7. The fraction of sp³-hybridized carbons (Fsp3) is 0.494. The molecule has 2 saturated carbocycles. The van der Waals surface area contributed by atoms with Crippen LogP contribution < -0.4 is 42.2 Å². The summed E-state index contributed by atoms with van der Waals surface area (Å²) in [7, 11) is -1.31. The normalized spacial score (nSPS) is 21.3. The molecule has 10 fully saturated rings. The number of nitrogen functional groups attached to an aromatic ring is 1. The van der Waals surface area contributed by atoms with Gasteiger partial charge >= 0.3 is 0 Å². The molecule has 0 radical (unpaired) electrons. The molecule has 8 aromatic rings. The first-order valence-electron chi connectivity index (χ1n) is 38.7. The monoisotopic (exact) mass is 1560 g/mol. The van der Waals surface area contributed by atoms with Gasteiger partial charge in [0, 0.05) is 168 Å². The molecule has 33 heteroatoms. The number of anilines is 6. The molecule has 4 aromatic carbocycles. The molecule has 5 atom stereocenters. The van der Waals surface area contributed by atoms with Crippen molar-refractivity contribution in [2.75, 3.05) is 137 Å². The molecule has 8 aliphatic heterocycles. The van der Waals surface area contributed by atoms with Gasteiger partial charge in [0.25, 0.3) is 22.5 Å². The van der Waals surface area contributed by atoms with Crippen LogP contribution in [0.5, 0.6) is 0 Å². The molecule has 10 aliphatic rings. The standard InChI is InChI=1S/C26H28FN7O.C14H14N4O2S.C13H16FN3O2.C13H18FN3.C7H14N2.C6H3F2NO2/c27-22-13-19(7-8-23(22)33-11-10-32-9-3-6-21(32)16-33)30-26-29-15-18-12-17(14-28)25(35)34(24(18)31-26)20-4-1-2-5-20;1-21(20)14-16-8-10-6-9(7-15)13(19)18(12(10)17-14)11-4-2-3-5-11;14-12-8-10(17(18)19)3-4-13(12)16-7-6-15-5-1-2-11(15)9-16;14-12-8-10(15)3-4-13(12)17-7-6-16-5-1-2-11(16)9-17;1-2-7-6-8-3-5-9(7)4-1;7-5-2-1-4(9(10)11)3-6(5)8/h7-8,12-13,15,20-21H,1-6,9-11,16H2,(H,29,30,31);6,8,11H,2-5H2,1H3;3-4,8,11H,1-2,5-7,9H2;3-4,8,11H,1-2,5-7,9,15H2;7-8H,1-6H2;1-3H. The predicted molar refractivity (Wildman–Crippen MR) is 419 cm³/mol. The maximum Gasteiger partial charge on any atom is 0.272 e. The second-order valence-electron chi connectivity index (χ2n) is 30.0. The molecular formula is C79H93F5N20O7S. The second-order valence-corrected chi connectivity index (χ2v) is 31.3. The first kappa shape index (κ1) is 79.9. The number of pyridine rings is 2. The van der Waals surface area contributed by atoms with Crippen LogP contribution in [-0.4, -0.2) is 198 Å². The van der Waals surface area contributed by atoms with E-state index in [1.54, 1.807) is 33.5 Å². The summed E-state index contributed by atoms with van der Waals surface area (Å²) in [5.41, 5.74) is 8.33. The lowest BCUT2D eigenvalue weighted by molar-refractivity contribution is -0.385. The number of nitro groups is 2. The van der Waals surface area contributed by atoms with Crippen LogP contribution in [0.2, 0.25) is 0 Å². The van der Waals surface area contributed by atoms with E-state index in [0.717, 1.165) is 148 Å². The summed E-state index contributed by atoms with van der Waals surface area (Å²) >= 11 is 0. The van der Waals surface area contributed by atoms with Crippen molar-refractivity contribution >= 4 is 78.6 Å². The van der Waals surface area contributed by atoms with Crippen LogP contribution in [0.3, 0.4) is 0 Å². The molecule has 18 rings (SSSR count). The van der Waals surface area contributed by atoms with Gasteiger partial charge < -0.3 is 31.1 Å². The number of nitro benzene ring substituents is 2. The highest BCUT2D eigenvalue weighted by Gasteiger charge is 2.36. The Balaban J connectivity index is 0.000000124. The maximum absolute atomic E-state index is 15.1. The Hall–Kier alpha value is -10.2. The van der Waals surface area contributed by atoms with Gasteiger partial charge in [-0.3, -0.25) is 62.8 Å². The number of non-ortho nitro benzene ring substituents is 2. The highest BCUT2D eigenvalue weighted by molar-refractivity contribution is 7.84. The van der Waals surface area contributed by atoms with Crippen molar-refractivity contribution in [3.8, 4) is 12.1 Å². The van der Waals surface area contributed by atoms with Crippen molar-refractivity contribution < 1.29 is 36.0 Å². The van der Waals surface area contributed by atoms with Crippen LogP contribution >= 0.6 is 0 Å². The van der Waals surface area contributed by atoms with E-state index in [9.17, 15) is 56.9 Å². The molecule has 4 aromatic heterocycles. The lowest BCUT2D eigenvalue weighted by Gasteiger charge is -2.39. The van der Waals surface area contributed by atoms with Gasteiger partial charge in [-0.05, 0) is 164 Å². The maximum atomic E-state index is 15.1. The molecular weight excluding hydrogens is 1470 g/mol. The quantitative estimate of drug-likeness (QED) is 0.0376. The van der Waals surface area contributed by atoms with Crippen LogP contribution in [0.1, 0.15) is 126 Å². The zero-order valence-electron chi connectivity index (χ0n) is 62.7. The van der Waals surface area contributed by atoms with Crippen LogP contribution in [-0.2, 0) is 10.8 Å². The Morgan fingerprint density at radius 3 is 1.38 bits per heavy atom. The molecule has 27 nitrogen and oxygen atoms in total. The number of hydrogen-bond donors (Lipinski definition) is 3. The third kappa shape index (κ3) is 18.8. The largest absolute Gasteiger partial charge is 0.399 e. The van der Waals surface area contributed by atoms with E-state index in [0.29, 0.717) is 86.7 Å². The molecule has 4 N–H and O–H groups in total. The van der Waals surface area contributed by atoms with Gasteiger partial charge in [-0.15, -0.1) is 0 Å². The smallest absolute Gasteiger partial charge is 0.272 e. The fourth-order valence-corrected chi connectivity index (χ4v) is 17.8. The average molecular weight is 1560 g/mol. The van der Waals surface area contributed by atoms with Gasteiger partial charge in [-0.2, -0.15) is 15.5 Å². The number of halogens is 5. The second kappa shape index (κ2) is 36.5. The summed E-state index contributed by atoms with van der Waals surface area (Å²) in [4.78, 5) is 78.4. The lowest BCUT2D eigenvalue weighted by Crippen LogP contribution is -2.50. The van der Waals surface area contributed by atoms with Gasteiger partial charge in [-0.1, -0.05) is 25.7 Å². The number of aromatic nitrogens is 6. The first-order chi connectivity index (χ1) is 54.2. The Morgan fingerprint density at radius 1 is 0.500 bits per heavy atom. The third-order valence-electron chi connectivity index (χ3n) is 23.1. The number of benzene rings is 4. The topological polar surface area (TPSA) is 319 Å². The van der Waals surface area contributed by atoms with Crippen LogP contribution in [0.15, 0.2) is 112 Å². The molecule has 0 bridgehead atoms. The van der Waals surface area contributed by atoms with Gasteiger partial charge in [0.15, 0.2) is 17.5 Å². The molecule has 12 heterocycles. The minimum absolute atomic E-state index is 0.0260. The zero-order chi connectivity index (χ0) is 78.7. The SMILES string of the molecule is C1CC2CNCCN2C1.CS(=O)c1ncc2cc(C#N)c(=O)n(C3CCCC3)c2n1.N#Cc1cc2cnc(Nc3ccc(N4CCN5CCCC5C4)c(F)c3)nc2n(C2CCCC2)c1=O.Nc1ccc(N2CCN3CCCC3C2)c(F)c1.O=[N+]([O-])c1ccc(F)c(F)c1.O=[N+]([O-])c1ccc(N2CCN3CCCC3C2)c(F)c1. The van der Waals surface area contributed by atoms with Crippen LogP contribution in [0, 0.1) is 72.0 Å². The van der Waals surface area contributed by atoms with Crippen molar-refractivity contribution in [3.63, 3.8) is 0 Å². The zero-order valence-corrected chi connectivity index (χ0v) is 63.5. The first-order valence-corrected chi connectivity index (χ1v) is 40.3. The van der Waals surface area contributed by atoms with Crippen LogP contribution in [0.25, 0.3) is 22.1 Å². The van der Waals surface area contributed by atoms with E-state index in [2.05, 4.69) is 60.0 Å². The number of piperazine rings is 4. The van der Waals surface area contributed by atoms with Crippen molar-refractivity contribution in [1.82, 2.24) is 54.0 Å². The van der Waals surface area contributed by atoms with Gasteiger partial charge in [0.05, 0.1) is 49.8 Å². The average Bonchev–Trinajstić information content (AvgIpc) is 1.40. The van der Waals surface area contributed by atoms with Crippen LogP contribution in [0.4, 0.5) is 67.7 Å². The fourth-order valence-electron chi connectivity index (χ4n) is 17.3. The van der Waals surface area contributed by atoms with Gasteiger partial charge in [-0.25, -0.2) is 36.9 Å². The van der Waals surface area contributed by atoms with Crippen molar-refractivity contribution in [2.24, 2.45) is 0 Å². The van der Waals surface area contributed by atoms with E-state index in [1.165, 1.54) is 120 Å². The number of nitriles is 2. The molecule has 0 amide bonds. The molecule has 592 valence electrons. The lowest BCUT2D eigenvalue weighted by atomic mass is 10.1. The van der Waals surface area contributed by atoms with E-state index >= 15 is 4.39 Å². The number of nitrogens with one attached hydrogen (secondary N) is 2. The molecule has 2 aliphatic carbocycles. The van der Waals surface area contributed by atoms with Crippen molar-refractivity contribution in [2.45, 2.75) is 144 Å². The number of fused-ring (bicyclic) bond motifs is 6. The van der Waals surface area contributed by atoms with Gasteiger partial charge in [0.1, 0.15) is 46.2 Å². The summed E-state index contributed by atoms with van der Waals surface area (Å²) in [5.74, 6) is -2.98. The highest BCUT2D eigenvalue weighted by atomic mass is 32.2. The van der Waals surface area contributed by atoms with Crippen molar-refractivity contribution in [3.05, 3.63) is 178 Å². The number of rotatable bonds is 10. The highest BCUT2D eigenvalue weighted by Crippen LogP contribution is 2.36. The third-order valence-corrected chi connectivity index (χ3v) is 23.8. The molecule has 8 saturated heterocycles. The molecule has 0 spiro atoms. The minimum atomic E-state index is -1.31.